The molecule has 2 unspecified atom stereocenters. The molecule has 4 heteroatoms. The van der Waals surface area contributed by atoms with Gasteiger partial charge < -0.3 is 14.7 Å². The molecule has 0 bridgehead atoms. The van der Waals surface area contributed by atoms with E-state index in [-0.39, 0.29) is 18.7 Å². The van der Waals surface area contributed by atoms with E-state index in [2.05, 4.69) is 0 Å². The summed E-state index contributed by atoms with van der Waals surface area (Å²) in [5, 5.41) is 10.0. The van der Waals surface area contributed by atoms with Gasteiger partial charge in [-0.1, -0.05) is 37.3 Å². The second-order valence-corrected chi connectivity index (χ2v) is 5.27. The van der Waals surface area contributed by atoms with E-state index >= 15 is 0 Å². The standard InChI is InChI=1S/C16H23NO3/c1-2-15(18)14-10-6-7-11-17(14)16(19)20-12-13-8-4-3-5-9-13/h3-5,8-9,14-15,18H,2,6-7,10-12H2,1H3. The quantitative estimate of drug-likeness (QED) is 0.920. The molecule has 0 spiro atoms. The molecule has 1 aromatic carbocycles. The molecule has 1 fully saturated rings. The normalized spacial score (nSPS) is 20.5. The highest BCUT2D eigenvalue weighted by Gasteiger charge is 2.32. The van der Waals surface area contributed by atoms with E-state index in [1.165, 1.54) is 0 Å². The third-order valence-corrected chi connectivity index (χ3v) is 3.85. The summed E-state index contributed by atoms with van der Waals surface area (Å²) in [5.74, 6) is 0. The lowest BCUT2D eigenvalue weighted by molar-refractivity contribution is 0.0131. The lowest BCUT2D eigenvalue weighted by atomic mass is 9.96. The van der Waals surface area contributed by atoms with Crippen LogP contribution in [0.5, 0.6) is 0 Å². The van der Waals surface area contributed by atoms with E-state index in [0.29, 0.717) is 13.0 Å². The van der Waals surface area contributed by atoms with Gasteiger partial charge in [0.1, 0.15) is 6.61 Å². The Labute approximate surface area is 120 Å². The van der Waals surface area contributed by atoms with Gasteiger partial charge in [-0.3, -0.25) is 0 Å². The fraction of sp³-hybridized carbons (Fsp3) is 0.562. The summed E-state index contributed by atoms with van der Waals surface area (Å²) in [5.41, 5.74) is 0.977. The zero-order chi connectivity index (χ0) is 14.4. The van der Waals surface area contributed by atoms with Gasteiger partial charge in [0, 0.05) is 6.54 Å². The van der Waals surface area contributed by atoms with Crippen LogP contribution >= 0.6 is 0 Å². The maximum atomic E-state index is 12.2. The highest BCUT2D eigenvalue weighted by molar-refractivity contribution is 5.68. The highest BCUT2D eigenvalue weighted by Crippen LogP contribution is 2.22. The number of hydrogen-bond acceptors (Lipinski definition) is 3. The van der Waals surface area contributed by atoms with Crippen molar-refractivity contribution >= 4 is 6.09 Å². The number of rotatable bonds is 4. The molecule has 110 valence electrons. The van der Waals surface area contributed by atoms with E-state index in [4.69, 9.17) is 4.74 Å². The van der Waals surface area contributed by atoms with Crippen molar-refractivity contribution in [2.24, 2.45) is 0 Å². The van der Waals surface area contributed by atoms with Gasteiger partial charge in [-0.05, 0) is 31.2 Å². The van der Waals surface area contributed by atoms with Crippen molar-refractivity contribution in [1.29, 1.82) is 0 Å². The fourth-order valence-corrected chi connectivity index (χ4v) is 2.66. The third kappa shape index (κ3) is 3.73. The minimum Gasteiger partial charge on any atom is -0.445 e. The second kappa shape index (κ2) is 7.29. The van der Waals surface area contributed by atoms with Crippen LogP contribution in [-0.2, 0) is 11.3 Å². The first-order chi connectivity index (χ1) is 9.72. The molecule has 0 radical (unpaired) electrons. The van der Waals surface area contributed by atoms with Crippen LogP contribution in [0.1, 0.15) is 38.2 Å². The first-order valence-electron chi connectivity index (χ1n) is 7.37. The topological polar surface area (TPSA) is 49.8 Å². The number of nitrogens with zero attached hydrogens (tertiary/aromatic N) is 1. The molecule has 1 heterocycles. The van der Waals surface area contributed by atoms with Gasteiger partial charge in [0.2, 0.25) is 0 Å². The Hall–Kier alpha value is -1.55. The Balaban J connectivity index is 1.92. The van der Waals surface area contributed by atoms with Gasteiger partial charge >= 0.3 is 6.09 Å². The molecule has 1 aliphatic heterocycles. The van der Waals surface area contributed by atoms with Crippen LogP contribution in [-0.4, -0.2) is 34.8 Å². The zero-order valence-corrected chi connectivity index (χ0v) is 12.0. The van der Waals surface area contributed by atoms with Crippen molar-refractivity contribution in [3.05, 3.63) is 35.9 Å². The minimum atomic E-state index is -0.459. The maximum absolute atomic E-state index is 12.2. The summed E-state index contributed by atoms with van der Waals surface area (Å²) in [6, 6.07) is 9.55. The molecular formula is C16H23NO3. The smallest absolute Gasteiger partial charge is 0.410 e. The number of carbonyl (C=O) groups excluding carboxylic acids is 1. The van der Waals surface area contributed by atoms with E-state index in [1.54, 1.807) is 4.90 Å². The van der Waals surface area contributed by atoms with Crippen LogP contribution in [0.4, 0.5) is 4.79 Å². The molecule has 0 aromatic heterocycles. The zero-order valence-electron chi connectivity index (χ0n) is 12.0. The second-order valence-electron chi connectivity index (χ2n) is 5.27. The van der Waals surface area contributed by atoms with Crippen LogP contribution < -0.4 is 0 Å². The monoisotopic (exact) mass is 277 g/mol. The van der Waals surface area contributed by atoms with Crippen LogP contribution in [0.2, 0.25) is 0 Å². The van der Waals surface area contributed by atoms with Gasteiger partial charge in [-0.15, -0.1) is 0 Å². The molecule has 2 atom stereocenters. The summed E-state index contributed by atoms with van der Waals surface area (Å²) in [7, 11) is 0. The number of benzene rings is 1. The molecule has 1 amide bonds. The van der Waals surface area contributed by atoms with Crippen molar-refractivity contribution in [2.75, 3.05) is 6.54 Å². The van der Waals surface area contributed by atoms with Gasteiger partial charge in [0.25, 0.3) is 0 Å². The molecule has 0 aliphatic carbocycles. The lowest BCUT2D eigenvalue weighted by Gasteiger charge is -2.37. The summed E-state index contributed by atoms with van der Waals surface area (Å²) < 4.78 is 5.37. The molecule has 2 rings (SSSR count). The Morgan fingerprint density at radius 2 is 2.15 bits per heavy atom. The van der Waals surface area contributed by atoms with E-state index < -0.39 is 6.10 Å². The number of ether oxygens (including phenoxy) is 1. The van der Waals surface area contributed by atoms with Crippen LogP contribution in [0.3, 0.4) is 0 Å². The highest BCUT2D eigenvalue weighted by atomic mass is 16.6. The average molecular weight is 277 g/mol. The van der Waals surface area contributed by atoms with Gasteiger partial charge in [-0.2, -0.15) is 0 Å². The Morgan fingerprint density at radius 1 is 1.40 bits per heavy atom. The van der Waals surface area contributed by atoms with Crippen molar-refractivity contribution in [3.8, 4) is 0 Å². The van der Waals surface area contributed by atoms with Crippen molar-refractivity contribution in [2.45, 2.75) is 51.4 Å². The van der Waals surface area contributed by atoms with Crippen molar-refractivity contribution in [1.82, 2.24) is 4.90 Å². The van der Waals surface area contributed by atoms with Crippen molar-refractivity contribution < 1.29 is 14.6 Å². The third-order valence-electron chi connectivity index (χ3n) is 3.85. The van der Waals surface area contributed by atoms with Crippen LogP contribution in [0.25, 0.3) is 0 Å². The minimum absolute atomic E-state index is 0.1000. The number of hydrogen-bond donors (Lipinski definition) is 1. The predicted molar refractivity (Wildman–Crippen MR) is 77.3 cm³/mol. The molecule has 1 saturated heterocycles. The summed E-state index contributed by atoms with van der Waals surface area (Å²) in [6.45, 7) is 2.90. The molecule has 20 heavy (non-hydrogen) atoms. The van der Waals surface area contributed by atoms with E-state index in [9.17, 15) is 9.90 Å². The molecule has 4 nitrogen and oxygen atoms in total. The molecule has 1 aromatic rings. The maximum Gasteiger partial charge on any atom is 0.410 e. The van der Waals surface area contributed by atoms with E-state index in [0.717, 1.165) is 24.8 Å². The number of likely N-dealkylation sites (tertiary alicyclic amines) is 1. The van der Waals surface area contributed by atoms with Gasteiger partial charge in [0.15, 0.2) is 0 Å². The Kier molecular flexibility index (Phi) is 5.41. The molecule has 1 aliphatic rings. The molecule has 1 N–H and O–H groups in total. The summed E-state index contributed by atoms with van der Waals surface area (Å²) >= 11 is 0. The largest absolute Gasteiger partial charge is 0.445 e. The number of amides is 1. The number of piperidine rings is 1. The Bertz CT molecular complexity index is 421. The molecular weight excluding hydrogens is 254 g/mol. The van der Waals surface area contributed by atoms with Crippen LogP contribution in [0.15, 0.2) is 30.3 Å². The Morgan fingerprint density at radius 3 is 2.85 bits per heavy atom. The SMILES string of the molecule is CCC(O)C1CCCCN1C(=O)OCc1ccccc1. The predicted octanol–water partition coefficient (Wildman–Crippen LogP) is 2.95. The first kappa shape index (κ1) is 14.9. The first-order valence-corrected chi connectivity index (χ1v) is 7.37. The number of aliphatic hydroxyl groups excluding tert-OH is 1. The van der Waals surface area contributed by atoms with Crippen molar-refractivity contribution in [3.63, 3.8) is 0 Å². The van der Waals surface area contributed by atoms with Crippen LogP contribution in [0, 0.1) is 0 Å². The molecule has 0 saturated carbocycles. The summed E-state index contributed by atoms with van der Waals surface area (Å²) in [4.78, 5) is 13.9. The number of carbonyl (C=O) groups is 1. The van der Waals surface area contributed by atoms with E-state index in [1.807, 2.05) is 37.3 Å². The van der Waals surface area contributed by atoms with Gasteiger partial charge in [-0.25, -0.2) is 4.79 Å². The van der Waals surface area contributed by atoms with Gasteiger partial charge in [0.05, 0.1) is 12.1 Å². The lowest BCUT2D eigenvalue weighted by Crippen LogP contribution is -2.49. The summed E-state index contributed by atoms with van der Waals surface area (Å²) in [6.07, 6.45) is 2.78. The fourth-order valence-electron chi connectivity index (χ4n) is 2.66. The average Bonchev–Trinajstić information content (AvgIpc) is 2.52. The number of aliphatic hydroxyl groups is 1.